The van der Waals surface area contributed by atoms with E-state index in [0.29, 0.717) is 0 Å². The summed E-state index contributed by atoms with van der Waals surface area (Å²) in [5.74, 6) is 0.902. The average Bonchev–Trinajstić information content (AvgIpc) is 2.72. The van der Waals surface area contributed by atoms with Crippen molar-refractivity contribution in [3.05, 3.63) is 33.5 Å². The molecule has 90 valence electrons. The van der Waals surface area contributed by atoms with E-state index in [0.717, 1.165) is 34.7 Å². The highest BCUT2D eigenvalue weighted by atomic mass is 79.9. The predicted molar refractivity (Wildman–Crippen MR) is 75.4 cm³/mol. The first-order valence-electron chi connectivity index (χ1n) is 5.42. The van der Waals surface area contributed by atoms with Gasteiger partial charge >= 0.3 is 0 Å². The molecule has 0 amide bonds. The van der Waals surface area contributed by atoms with Gasteiger partial charge in [-0.15, -0.1) is 11.3 Å². The van der Waals surface area contributed by atoms with Crippen LogP contribution in [0.15, 0.2) is 22.0 Å². The molecular weight excluding hydrogens is 298 g/mol. The maximum absolute atomic E-state index is 4.59. The molecule has 0 fully saturated rings. The van der Waals surface area contributed by atoms with Crippen molar-refractivity contribution in [2.24, 2.45) is 0 Å². The lowest BCUT2D eigenvalue weighted by molar-refractivity contribution is 0.753. The summed E-state index contributed by atoms with van der Waals surface area (Å²) in [6.45, 7) is 2.91. The Kier molecular flexibility index (Phi) is 4.25. The van der Waals surface area contributed by atoms with E-state index in [-0.39, 0.29) is 0 Å². The summed E-state index contributed by atoms with van der Waals surface area (Å²) in [6, 6.07) is 4.12. The summed E-state index contributed by atoms with van der Waals surface area (Å²) in [4.78, 5) is 10.2. The molecule has 0 atom stereocenters. The van der Waals surface area contributed by atoms with Gasteiger partial charge in [0.2, 0.25) is 0 Å². The number of rotatable bonds is 4. The van der Waals surface area contributed by atoms with Crippen LogP contribution in [0.5, 0.6) is 0 Å². The van der Waals surface area contributed by atoms with Crippen LogP contribution in [-0.2, 0) is 6.42 Å². The van der Waals surface area contributed by atoms with Gasteiger partial charge in [0.05, 0.1) is 10.6 Å². The molecule has 3 nitrogen and oxygen atoms in total. The highest BCUT2D eigenvalue weighted by molar-refractivity contribution is 9.10. The fourth-order valence-electron chi connectivity index (χ4n) is 1.55. The third kappa shape index (κ3) is 3.34. The Balaban J connectivity index is 2.31. The van der Waals surface area contributed by atoms with Crippen molar-refractivity contribution >= 4 is 27.3 Å². The number of halogens is 1. The number of nitrogens with zero attached hydrogens (tertiary/aromatic N) is 2. The second-order valence-electron chi connectivity index (χ2n) is 3.79. The SMILES string of the molecule is CNCCc1nc(C)cc(-c2cc(Br)cs2)n1. The lowest BCUT2D eigenvalue weighted by atomic mass is 10.2. The number of aromatic nitrogens is 2. The number of hydrogen-bond acceptors (Lipinski definition) is 4. The summed E-state index contributed by atoms with van der Waals surface area (Å²) in [5, 5.41) is 5.18. The summed E-state index contributed by atoms with van der Waals surface area (Å²) in [6.07, 6.45) is 0.859. The zero-order valence-electron chi connectivity index (χ0n) is 9.83. The van der Waals surface area contributed by atoms with E-state index in [1.165, 1.54) is 4.88 Å². The third-order valence-corrected chi connectivity index (χ3v) is 4.03. The molecule has 0 saturated heterocycles. The minimum absolute atomic E-state index is 0.859. The van der Waals surface area contributed by atoms with E-state index >= 15 is 0 Å². The van der Waals surface area contributed by atoms with Crippen molar-refractivity contribution in [1.82, 2.24) is 15.3 Å². The molecule has 0 unspecified atom stereocenters. The zero-order valence-corrected chi connectivity index (χ0v) is 12.2. The van der Waals surface area contributed by atoms with E-state index in [4.69, 9.17) is 0 Å². The van der Waals surface area contributed by atoms with Crippen LogP contribution in [0.25, 0.3) is 10.6 Å². The summed E-state index contributed by atoms with van der Waals surface area (Å²) < 4.78 is 1.10. The van der Waals surface area contributed by atoms with Crippen LogP contribution in [-0.4, -0.2) is 23.6 Å². The van der Waals surface area contributed by atoms with E-state index in [1.54, 1.807) is 11.3 Å². The van der Waals surface area contributed by atoms with Crippen LogP contribution in [0.3, 0.4) is 0 Å². The van der Waals surface area contributed by atoms with Gasteiger partial charge < -0.3 is 5.32 Å². The van der Waals surface area contributed by atoms with E-state index in [1.807, 2.05) is 20.0 Å². The smallest absolute Gasteiger partial charge is 0.130 e. The normalized spacial score (nSPS) is 10.8. The molecule has 0 aromatic carbocycles. The molecule has 0 aliphatic carbocycles. The topological polar surface area (TPSA) is 37.8 Å². The molecule has 0 saturated carbocycles. The maximum Gasteiger partial charge on any atom is 0.130 e. The Morgan fingerprint density at radius 2 is 2.18 bits per heavy atom. The second-order valence-corrected chi connectivity index (χ2v) is 5.62. The Bertz CT molecular complexity index is 510. The zero-order chi connectivity index (χ0) is 12.3. The highest BCUT2D eigenvalue weighted by Gasteiger charge is 2.06. The van der Waals surface area contributed by atoms with E-state index in [9.17, 15) is 0 Å². The van der Waals surface area contributed by atoms with Crippen LogP contribution in [0.2, 0.25) is 0 Å². The van der Waals surface area contributed by atoms with Gasteiger partial charge in [-0.25, -0.2) is 9.97 Å². The fraction of sp³-hybridized carbons (Fsp3) is 0.333. The lowest BCUT2D eigenvalue weighted by Gasteiger charge is -2.04. The summed E-state index contributed by atoms with van der Waals surface area (Å²) >= 11 is 5.16. The monoisotopic (exact) mass is 311 g/mol. The highest BCUT2D eigenvalue weighted by Crippen LogP contribution is 2.28. The fourth-order valence-corrected chi connectivity index (χ4v) is 2.94. The van der Waals surface area contributed by atoms with Gasteiger partial charge in [0.25, 0.3) is 0 Å². The van der Waals surface area contributed by atoms with Crippen LogP contribution < -0.4 is 5.32 Å². The van der Waals surface area contributed by atoms with E-state index in [2.05, 4.69) is 42.7 Å². The lowest BCUT2D eigenvalue weighted by Crippen LogP contribution is -2.12. The molecule has 2 aromatic heterocycles. The Morgan fingerprint density at radius 1 is 1.35 bits per heavy atom. The molecule has 0 radical (unpaired) electrons. The molecule has 2 aromatic rings. The van der Waals surface area contributed by atoms with Crippen LogP contribution >= 0.6 is 27.3 Å². The largest absolute Gasteiger partial charge is 0.319 e. The Hall–Kier alpha value is -0.780. The van der Waals surface area contributed by atoms with Crippen molar-refractivity contribution in [2.75, 3.05) is 13.6 Å². The number of hydrogen-bond donors (Lipinski definition) is 1. The number of nitrogens with one attached hydrogen (secondary N) is 1. The van der Waals surface area contributed by atoms with Gasteiger partial charge in [-0.1, -0.05) is 0 Å². The van der Waals surface area contributed by atoms with Gasteiger partial charge in [0.1, 0.15) is 5.82 Å². The van der Waals surface area contributed by atoms with Gasteiger partial charge in [-0.3, -0.25) is 0 Å². The predicted octanol–water partition coefficient (Wildman–Crippen LogP) is 3.04. The molecule has 0 aliphatic heterocycles. The quantitative estimate of drug-likeness (QED) is 0.943. The third-order valence-electron chi connectivity index (χ3n) is 2.32. The first-order valence-corrected chi connectivity index (χ1v) is 7.10. The van der Waals surface area contributed by atoms with Crippen molar-refractivity contribution in [2.45, 2.75) is 13.3 Å². The molecule has 17 heavy (non-hydrogen) atoms. The van der Waals surface area contributed by atoms with Crippen LogP contribution in [0.1, 0.15) is 11.5 Å². The van der Waals surface area contributed by atoms with Gasteiger partial charge in [-0.05, 0) is 42.0 Å². The first kappa shape index (κ1) is 12.7. The standard InChI is InChI=1S/C12H14BrN3S/c1-8-5-10(11-6-9(13)7-17-11)16-12(15-8)3-4-14-2/h5-7,14H,3-4H2,1-2H3. The molecule has 0 aliphatic rings. The number of thiophene rings is 1. The summed E-state index contributed by atoms with van der Waals surface area (Å²) in [5.41, 5.74) is 2.03. The molecule has 0 spiro atoms. The van der Waals surface area contributed by atoms with Crippen molar-refractivity contribution in [3.8, 4) is 10.6 Å². The molecule has 2 heterocycles. The van der Waals surface area contributed by atoms with E-state index < -0.39 is 0 Å². The second kappa shape index (κ2) is 5.71. The van der Waals surface area contributed by atoms with Crippen molar-refractivity contribution in [3.63, 3.8) is 0 Å². The number of aryl methyl sites for hydroxylation is 1. The average molecular weight is 312 g/mol. The molecule has 1 N–H and O–H groups in total. The first-order chi connectivity index (χ1) is 8.19. The Labute approximate surface area is 113 Å². The van der Waals surface area contributed by atoms with Crippen LogP contribution in [0, 0.1) is 6.92 Å². The van der Waals surface area contributed by atoms with Crippen LogP contribution in [0.4, 0.5) is 0 Å². The molecular formula is C12H14BrN3S. The number of likely N-dealkylation sites (N-methyl/N-ethyl adjacent to an activating group) is 1. The van der Waals surface area contributed by atoms with Gasteiger partial charge in [-0.2, -0.15) is 0 Å². The maximum atomic E-state index is 4.59. The molecule has 5 heteroatoms. The minimum Gasteiger partial charge on any atom is -0.319 e. The minimum atomic E-state index is 0.859. The van der Waals surface area contributed by atoms with Crippen molar-refractivity contribution < 1.29 is 0 Å². The Morgan fingerprint density at radius 3 is 2.82 bits per heavy atom. The van der Waals surface area contributed by atoms with Gasteiger partial charge in [0, 0.05) is 28.5 Å². The summed E-state index contributed by atoms with van der Waals surface area (Å²) in [7, 11) is 1.94. The van der Waals surface area contributed by atoms with Crippen molar-refractivity contribution in [1.29, 1.82) is 0 Å². The molecule has 0 bridgehead atoms. The van der Waals surface area contributed by atoms with Gasteiger partial charge in [0.15, 0.2) is 0 Å². The molecule has 2 rings (SSSR count).